The highest BCUT2D eigenvalue weighted by molar-refractivity contribution is 8.00. The van der Waals surface area contributed by atoms with Crippen molar-refractivity contribution in [3.63, 3.8) is 0 Å². The predicted molar refractivity (Wildman–Crippen MR) is 179 cm³/mol. The number of ether oxygens (including phenoxy) is 1. The zero-order valence-corrected chi connectivity index (χ0v) is 25.7. The second-order valence-electron chi connectivity index (χ2n) is 10.0. The maximum atomic E-state index is 13.4. The lowest BCUT2D eigenvalue weighted by Crippen LogP contribution is -2.30. The summed E-state index contributed by atoms with van der Waals surface area (Å²) in [7, 11) is 0. The van der Waals surface area contributed by atoms with E-state index in [4.69, 9.17) is 4.74 Å². The molecule has 0 aliphatic rings. The number of unbranched alkanes of at least 4 members (excludes halogenated alkanes) is 1. The summed E-state index contributed by atoms with van der Waals surface area (Å²) >= 11 is 1.42. The molecule has 7 nitrogen and oxygen atoms in total. The molecular formula is C36H37N3O4S. The molecule has 0 bridgehead atoms. The van der Waals surface area contributed by atoms with E-state index >= 15 is 0 Å². The summed E-state index contributed by atoms with van der Waals surface area (Å²) < 4.78 is 5.71. The van der Waals surface area contributed by atoms with Crippen molar-refractivity contribution in [1.29, 1.82) is 0 Å². The molecular weight excluding hydrogens is 570 g/mol. The molecule has 0 aromatic heterocycles. The van der Waals surface area contributed by atoms with E-state index in [0.29, 0.717) is 30.0 Å². The molecule has 3 amide bonds. The third-order valence-electron chi connectivity index (χ3n) is 6.56. The number of nitrogens with one attached hydrogen (secondary N) is 3. The van der Waals surface area contributed by atoms with Crippen molar-refractivity contribution in [1.82, 2.24) is 5.32 Å². The number of benzene rings is 4. The van der Waals surface area contributed by atoms with Crippen LogP contribution in [0.1, 0.15) is 49.0 Å². The van der Waals surface area contributed by atoms with E-state index in [2.05, 4.69) is 22.9 Å². The highest BCUT2D eigenvalue weighted by Gasteiger charge is 2.19. The van der Waals surface area contributed by atoms with Crippen LogP contribution in [-0.4, -0.2) is 29.6 Å². The molecule has 0 fully saturated rings. The van der Waals surface area contributed by atoms with Gasteiger partial charge in [-0.2, -0.15) is 0 Å². The molecule has 1 atom stereocenters. The largest absolute Gasteiger partial charge is 0.494 e. The molecule has 0 saturated heterocycles. The minimum atomic E-state index is -0.466. The lowest BCUT2D eigenvalue weighted by Gasteiger charge is -2.16. The molecule has 1 unspecified atom stereocenters. The van der Waals surface area contributed by atoms with Gasteiger partial charge in [0.2, 0.25) is 5.91 Å². The van der Waals surface area contributed by atoms with Crippen LogP contribution >= 0.6 is 11.8 Å². The van der Waals surface area contributed by atoms with Gasteiger partial charge in [0.15, 0.2) is 0 Å². The first-order chi connectivity index (χ1) is 21.4. The van der Waals surface area contributed by atoms with Gasteiger partial charge in [0.25, 0.3) is 11.8 Å². The standard InChI is InChI=1S/C36H37N3O4S/c1-3-5-23-43-30-21-19-28(20-22-30)37-36(42)33(4-2)44-31-18-12-17-29(25-31)38-35(41)32(24-26-13-8-6-9-14-26)39-34(40)27-15-10-7-11-16-27/h6-22,24-25,33H,3-5,23H2,1-2H3,(H,37,42)(H,38,41)(H,39,40)/b32-24-. The average Bonchev–Trinajstić information content (AvgIpc) is 3.05. The Hall–Kier alpha value is -4.82. The first-order valence-corrected chi connectivity index (χ1v) is 15.6. The van der Waals surface area contributed by atoms with Gasteiger partial charge in [0.05, 0.1) is 11.9 Å². The second kappa shape index (κ2) is 16.7. The number of hydrogen-bond donors (Lipinski definition) is 3. The molecule has 8 heteroatoms. The smallest absolute Gasteiger partial charge is 0.272 e. The highest BCUT2D eigenvalue weighted by atomic mass is 32.2. The van der Waals surface area contributed by atoms with Gasteiger partial charge < -0.3 is 20.7 Å². The third-order valence-corrected chi connectivity index (χ3v) is 7.92. The van der Waals surface area contributed by atoms with Gasteiger partial charge in [-0.1, -0.05) is 74.9 Å². The lowest BCUT2D eigenvalue weighted by molar-refractivity contribution is -0.116. The van der Waals surface area contributed by atoms with Gasteiger partial charge in [-0.05, 0) is 79.1 Å². The summed E-state index contributed by atoms with van der Waals surface area (Å²) in [6, 6.07) is 32.7. The number of carbonyl (C=O) groups is 3. The molecule has 4 aromatic rings. The van der Waals surface area contributed by atoms with E-state index in [1.807, 2.05) is 85.8 Å². The summed E-state index contributed by atoms with van der Waals surface area (Å²) in [6.45, 7) is 4.75. The fraction of sp³-hybridized carbons (Fsp3) is 0.194. The summed E-state index contributed by atoms with van der Waals surface area (Å²) in [4.78, 5) is 40.2. The van der Waals surface area contributed by atoms with E-state index in [-0.39, 0.29) is 22.8 Å². The molecule has 4 rings (SSSR count). The number of rotatable bonds is 14. The predicted octanol–water partition coefficient (Wildman–Crippen LogP) is 7.78. The summed E-state index contributed by atoms with van der Waals surface area (Å²) in [5, 5.41) is 8.30. The Morgan fingerprint density at radius 3 is 2.18 bits per heavy atom. The first kappa shape index (κ1) is 32.1. The third kappa shape index (κ3) is 9.88. The fourth-order valence-electron chi connectivity index (χ4n) is 4.18. The van der Waals surface area contributed by atoms with Crippen molar-refractivity contribution in [2.75, 3.05) is 17.2 Å². The van der Waals surface area contributed by atoms with Crippen LogP contribution in [-0.2, 0) is 9.59 Å². The van der Waals surface area contributed by atoms with Crippen LogP contribution in [0.2, 0.25) is 0 Å². The van der Waals surface area contributed by atoms with Gasteiger partial charge in [0.1, 0.15) is 11.4 Å². The van der Waals surface area contributed by atoms with Crippen LogP contribution < -0.4 is 20.7 Å². The van der Waals surface area contributed by atoms with Gasteiger partial charge in [-0.15, -0.1) is 11.8 Å². The maximum Gasteiger partial charge on any atom is 0.272 e. The maximum absolute atomic E-state index is 13.4. The Balaban J connectivity index is 1.42. The minimum absolute atomic E-state index is 0.107. The Labute approximate surface area is 263 Å². The van der Waals surface area contributed by atoms with Gasteiger partial charge in [-0.25, -0.2) is 0 Å². The molecule has 0 heterocycles. The van der Waals surface area contributed by atoms with E-state index in [1.54, 1.807) is 36.4 Å². The van der Waals surface area contributed by atoms with E-state index in [9.17, 15) is 14.4 Å². The Bertz CT molecular complexity index is 1560. The number of hydrogen-bond acceptors (Lipinski definition) is 5. The van der Waals surface area contributed by atoms with Crippen molar-refractivity contribution in [2.24, 2.45) is 0 Å². The van der Waals surface area contributed by atoms with Crippen LogP contribution in [0.3, 0.4) is 0 Å². The first-order valence-electron chi connectivity index (χ1n) is 14.7. The monoisotopic (exact) mass is 607 g/mol. The van der Waals surface area contributed by atoms with E-state index in [0.717, 1.165) is 29.1 Å². The molecule has 0 saturated carbocycles. The molecule has 0 aliphatic carbocycles. The van der Waals surface area contributed by atoms with Crippen molar-refractivity contribution < 1.29 is 19.1 Å². The van der Waals surface area contributed by atoms with Crippen molar-refractivity contribution >= 4 is 46.9 Å². The number of amides is 3. The van der Waals surface area contributed by atoms with Crippen molar-refractivity contribution in [3.8, 4) is 5.75 Å². The normalized spacial score (nSPS) is 11.7. The summed E-state index contributed by atoms with van der Waals surface area (Å²) in [5.41, 5.74) is 2.56. The molecule has 0 aliphatic heterocycles. The minimum Gasteiger partial charge on any atom is -0.494 e. The number of anilines is 2. The van der Waals surface area contributed by atoms with Gasteiger partial charge >= 0.3 is 0 Å². The fourth-order valence-corrected chi connectivity index (χ4v) is 5.20. The van der Waals surface area contributed by atoms with Crippen LogP contribution in [0.5, 0.6) is 5.75 Å². The van der Waals surface area contributed by atoms with Gasteiger partial charge in [0, 0.05) is 21.8 Å². The number of carbonyl (C=O) groups excluding carboxylic acids is 3. The molecule has 44 heavy (non-hydrogen) atoms. The quantitative estimate of drug-likeness (QED) is 0.0773. The molecule has 3 N–H and O–H groups in total. The average molecular weight is 608 g/mol. The molecule has 226 valence electrons. The Kier molecular flexibility index (Phi) is 12.2. The Morgan fingerprint density at radius 1 is 0.795 bits per heavy atom. The van der Waals surface area contributed by atoms with Crippen LogP contribution in [0.25, 0.3) is 6.08 Å². The van der Waals surface area contributed by atoms with Crippen LogP contribution in [0.15, 0.2) is 120 Å². The Morgan fingerprint density at radius 2 is 1.50 bits per heavy atom. The summed E-state index contributed by atoms with van der Waals surface area (Å²) in [6.07, 6.45) is 4.31. The van der Waals surface area contributed by atoms with Gasteiger partial charge in [-0.3, -0.25) is 14.4 Å². The zero-order chi connectivity index (χ0) is 31.1. The SMILES string of the molecule is CCCCOc1ccc(NC(=O)C(CC)Sc2cccc(NC(=O)/C(=C/c3ccccc3)NC(=O)c3ccccc3)c2)cc1. The summed E-state index contributed by atoms with van der Waals surface area (Å²) in [5.74, 6) is -0.184. The highest BCUT2D eigenvalue weighted by Crippen LogP contribution is 2.29. The topological polar surface area (TPSA) is 96.5 Å². The zero-order valence-electron chi connectivity index (χ0n) is 24.9. The van der Waals surface area contributed by atoms with E-state index in [1.165, 1.54) is 11.8 Å². The van der Waals surface area contributed by atoms with Crippen molar-refractivity contribution in [2.45, 2.75) is 43.3 Å². The molecule has 4 aromatic carbocycles. The van der Waals surface area contributed by atoms with Crippen molar-refractivity contribution in [3.05, 3.63) is 126 Å². The second-order valence-corrected chi connectivity index (χ2v) is 11.3. The van der Waals surface area contributed by atoms with Crippen LogP contribution in [0, 0.1) is 0 Å². The lowest BCUT2D eigenvalue weighted by atomic mass is 10.1. The van der Waals surface area contributed by atoms with Crippen LogP contribution in [0.4, 0.5) is 11.4 Å². The number of thioether (sulfide) groups is 1. The molecule has 0 spiro atoms. The van der Waals surface area contributed by atoms with E-state index < -0.39 is 5.91 Å². The molecule has 0 radical (unpaired) electrons.